The standard InChI is InChI=1S/C22H27N3O4/c1-3-4-5-6-7-21(27)24-18-10-8-16(9-11-18)22(28)25-23-15-17-14-19(29-2)12-13-20(17)26/h8-15,26H,3-7H2,1-2H3,(H,24,27)(H,25,28). The van der Waals surface area contributed by atoms with Crippen molar-refractivity contribution in [1.29, 1.82) is 0 Å². The number of benzene rings is 2. The maximum Gasteiger partial charge on any atom is 0.271 e. The molecule has 0 heterocycles. The van der Waals surface area contributed by atoms with Gasteiger partial charge in [-0.2, -0.15) is 5.10 Å². The summed E-state index contributed by atoms with van der Waals surface area (Å²) in [6.07, 6.45) is 6.03. The Kier molecular flexibility index (Phi) is 8.69. The monoisotopic (exact) mass is 397 g/mol. The highest BCUT2D eigenvalue weighted by Crippen LogP contribution is 2.21. The quantitative estimate of drug-likeness (QED) is 0.320. The molecule has 2 rings (SSSR count). The van der Waals surface area contributed by atoms with Gasteiger partial charge in [-0.15, -0.1) is 0 Å². The van der Waals surface area contributed by atoms with Crippen LogP contribution in [0.2, 0.25) is 0 Å². The van der Waals surface area contributed by atoms with Crippen LogP contribution in [0, 0.1) is 0 Å². The van der Waals surface area contributed by atoms with Crippen molar-refractivity contribution in [3.63, 3.8) is 0 Å². The number of amides is 2. The Morgan fingerprint density at radius 2 is 1.86 bits per heavy atom. The van der Waals surface area contributed by atoms with Gasteiger partial charge in [0.2, 0.25) is 5.91 Å². The van der Waals surface area contributed by atoms with Gasteiger partial charge in [-0.1, -0.05) is 26.2 Å². The minimum absolute atomic E-state index is 0.0265. The molecule has 2 aromatic rings. The summed E-state index contributed by atoms with van der Waals surface area (Å²) < 4.78 is 5.09. The molecule has 0 aliphatic heterocycles. The van der Waals surface area contributed by atoms with Crippen LogP contribution in [0.25, 0.3) is 0 Å². The number of hydrogen-bond acceptors (Lipinski definition) is 5. The first-order valence-corrected chi connectivity index (χ1v) is 9.63. The average molecular weight is 397 g/mol. The molecule has 0 aliphatic rings. The smallest absolute Gasteiger partial charge is 0.271 e. The highest BCUT2D eigenvalue weighted by Gasteiger charge is 2.07. The first kappa shape index (κ1) is 21.9. The van der Waals surface area contributed by atoms with Gasteiger partial charge in [0.05, 0.1) is 13.3 Å². The molecule has 2 amide bonds. The van der Waals surface area contributed by atoms with Gasteiger partial charge in [0, 0.05) is 23.2 Å². The summed E-state index contributed by atoms with van der Waals surface area (Å²) in [5, 5.41) is 16.5. The Hall–Kier alpha value is -3.35. The zero-order chi connectivity index (χ0) is 21.1. The number of hydrogen-bond donors (Lipinski definition) is 3. The van der Waals surface area contributed by atoms with Crippen molar-refractivity contribution < 1.29 is 19.4 Å². The molecule has 0 aliphatic carbocycles. The topological polar surface area (TPSA) is 100 Å². The van der Waals surface area contributed by atoms with Gasteiger partial charge in [0.15, 0.2) is 0 Å². The second-order valence-corrected chi connectivity index (χ2v) is 6.56. The third-order valence-corrected chi connectivity index (χ3v) is 4.29. The van der Waals surface area contributed by atoms with E-state index in [1.165, 1.54) is 19.4 Å². The summed E-state index contributed by atoms with van der Waals surface area (Å²) >= 11 is 0. The minimum Gasteiger partial charge on any atom is -0.507 e. The van der Waals surface area contributed by atoms with Crippen molar-refractivity contribution in [2.45, 2.75) is 39.0 Å². The van der Waals surface area contributed by atoms with Crippen molar-refractivity contribution in [1.82, 2.24) is 5.43 Å². The molecule has 0 fully saturated rings. The number of unbranched alkanes of at least 4 members (excludes halogenated alkanes) is 3. The second kappa shape index (κ2) is 11.5. The molecule has 0 radical (unpaired) electrons. The number of phenols is 1. The van der Waals surface area contributed by atoms with Crippen LogP contribution in [0.3, 0.4) is 0 Å². The van der Waals surface area contributed by atoms with Gasteiger partial charge in [-0.3, -0.25) is 9.59 Å². The van der Waals surface area contributed by atoms with Crippen LogP contribution in [-0.4, -0.2) is 30.2 Å². The molecular weight excluding hydrogens is 370 g/mol. The molecule has 29 heavy (non-hydrogen) atoms. The summed E-state index contributed by atoms with van der Waals surface area (Å²) in [6.45, 7) is 2.13. The fourth-order valence-electron chi connectivity index (χ4n) is 2.63. The number of aromatic hydroxyl groups is 1. The third-order valence-electron chi connectivity index (χ3n) is 4.29. The lowest BCUT2D eigenvalue weighted by molar-refractivity contribution is -0.116. The summed E-state index contributed by atoms with van der Waals surface area (Å²) in [5.41, 5.74) is 3.87. The summed E-state index contributed by atoms with van der Waals surface area (Å²) in [4.78, 5) is 24.1. The van der Waals surface area contributed by atoms with Crippen molar-refractivity contribution in [2.75, 3.05) is 12.4 Å². The number of hydrazone groups is 1. The van der Waals surface area contributed by atoms with Crippen LogP contribution in [0.15, 0.2) is 47.6 Å². The lowest BCUT2D eigenvalue weighted by Crippen LogP contribution is -2.17. The molecule has 0 unspecified atom stereocenters. The number of nitrogens with one attached hydrogen (secondary N) is 2. The lowest BCUT2D eigenvalue weighted by Gasteiger charge is -2.06. The number of nitrogens with zero attached hydrogens (tertiary/aromatic N) is 1. The number of anilines is 1. The van der Waals surface area contributed by atoms with E-state index < -0.39 is 5.91 Å². The number of phenolic OH excluding ortho intramolecular Hbond substituents is 1. The first-order valence-electron chi connectivity index (χ1n) is 9.63. The van der Waals surface area contributed by atoms with E-state index in [9.17, 15) is 14.7 Å². The van der Waals surface area contributed by atoms with Gasteiger partial charge in [-0.05, 0) is 48.9 Å². The Labute approximate surface area is 170 Å². The van der Waals surface area contributed by atoms with Crippen LogP contribution in [0.5, 0.6) is 11.5 Å². The molecule has 0 bridgehead atoms. The fourth-order valence-corrected chi connectivity index (χ4v) is 2.63. The van der Waals surface area contributed by atoms with E-state index in [1.807, 2.05) is 0 Å². The average Bonchev–Trinajstić information content (AvgIpc) is 2.73. The van der Waals surface area contributed by atoms with Crippen molar-refractivity contribution in [2.24, 2.45) is 5.10 Å². The third kappa shape index (κ3) is 7.29. The molecule has 0 aromatic heterocycles. The van der Waals surface area contributed by atoms with Gasteiger partial charge in [-0.25, -0.2) is 5.43 Å². The molecule has 7 heteroatoms. The predicted octanol–water partition coefficient (Wildman–Crippen LogP) is 4.07. The number of carbonyl (C=O) groups excluding carboxylic acids is 2. The highest BCUT2D eigenvalue weighted by molar-refractivity contribution is 5.96. The largest absolute Gasteiger partial charge is 0.507 e. The predicted molar refractivity (Wildman–Crippen MR) is 114 cm³/mol. The Morgan fingerprint density at radius 1 is 1.10 bits per heavy atom. The molecule has 7 nitrogen and oxygen atoms in total. The van der Waals surface area contributed by atoms with E-state index in [2.05, 4.69) is 22.8 Å². The highest BCUT2D eigenvalue weighted by atomic mass is 16.5. The molecule has 0 atom stereocenters. The van der Waals surface area contributed by atoms with E-state index in [0.717, 1.165) is 25.7 Å². The van der Waals surface area contributed by atoms with Crippen molar-refractivity contribution >= 4 is 23.7 Å². The van der Waals surface area contributed by atoms with Gasteiger partial charge < -0.3 is 15.2 Å². The Morgan fingerprint density at radius 3 is 2.55 bits per heavy atom. The number of methoxy groups -OCH3 is 1. The molecular formula is C22H27N3O4. The molecule has 0 saturated heterocycles. The zero-order valence-corrected chi connectivity index (χ0v) is 16.8. The Bertz CT molecular complexity index is 848. The van der Waals surface area contributed by atoms with Crippen LogP contribution in [0.1, 0.15) is 54.9 Å². The van der Waals surface area contributed by atoms with E-state index in [0.29, 0.717) is 29.0 Å². The number of carbonyl (C=O) groups is 2. The molecule has 2 aromatic carbocycles. The second-order valence-electron chi connectivity index (χ2n) is 6.56. The summed E-state index contributed by atoms with van der Waals surface area (Å²) in [6, 6.07) is 11.3. The van der Waals surface area contributed by atoms with Crippen LogP contribution in [-0.2, 0) is 4.79 Å². The van der Waals surface area contributed by atoms with E-state index in [1.54, 1.807) is 36.4 Å². The maximum absolute atomic E-state index is 12.2. The van der Waals surface area contributed by atoms with Gasteiger partial charge >= 0.3 is 0 Å². The number of ether oxygens (including phenoxy) is 1. The zero-order valence-electron chi connectivity index (χ0n) is 16.8. The van der Waals surface area contributed by atoms with Gasteiger partial charge in [0.25, 0.3) is 5.91 Å². The molecule has 154 valence electrons. The summed E-state index contributed by atoms with van der Waals surface area (Å²) in [5.74, 6) is 0.166. The Balaban J connectivity index is 1.86. The van der Waals surface area contributed by atoms with Crippen LogP contribution >= 0.6 is 0 Å². The van der Waals surface area contributed by atoms with E-state index in [4.69, 9.17) is 4.74 Å². The molecule has 0 saturated carbocycles. The fraction of sp³-hybridized carbons (Fsp3) is 0.318. The van der Waals surface area contributed by atoms with Crippen LogP contribution < -0.4 is 15.5 Å². The van der Waals surface area contributed by atoms with Crippen LogP contribution in [0.4, 0.5) is 5.69 Å². The van der Waals surface area contributed by atoms with Gasteiger partial charge in [0.1, 0.15) is 11.5 Å². The van der Waals surface area contributed by atoms with E-state index in [-0.39, 0.29) is 11.7 Å². The van der Waals surface area contributed by atoms with E-state index >= 15 is 0 Å². The minimum atomic E-state index is -0.402. The SMILES string of the molecule is CCCCCCC(=O)Nc1ccc(C(=O)NN=Cc2cc(OC)ccc2O)cc1. The lowest BCUT2D eigenvalue weighted by atomic mass is 10.1. The first-order chi connectivity index (χ1) is 14.0. The van der Waals surface area contributed by atoms with Crippen molar-refractivity contribution in [3.8, 4) is 11.5 Å². The normalized spacial score (nSPS) is 10.7. The van der Waals surface area contributed by atoms with Crippen molar-refractivity contribution in [3.05, 3.63) is 53.6 Å². The maximum atomic E-state index is 12.2. The summed E-state index contributed by atoms with van der Waals surface area (Å²) in [7, 11) is 1.52. The molecule has 3 N–H and O–H groups in total. The number of rotatable bonds is 10. The molecule has 0 spiro atoms.